The third-order valence-electron chi connectivity index (χ3n) is 1.50. The number of aromatic nitrogens is 1. The number of pyridine rings is 1. The first-order valence-corrected chi connectivity index (χ1v) is 6.49. The van der Waals surface area contributed by atoms with Crippen LogP contribution in [0.4, 0.5) is 8.78 Å². The molecular weight excluding hydrogens is 319 g/mol. The fourth-order valence-electron chi connectivity index (χ4n) is 0.904. The molecule has 1 heterocycles. The molecule has 0 atom stereocenters. The van der Waals surface area contributed by atoms with Crippen LogP contribution in [-0.4, -0.2) is 13.4 Å². The van der Waals surface area contributed by atoms with Crippen LogP contribution in [0.25, 0.3) is 0 Å². The van der Waals surface area contributed by atoms with E-state index in [0.717, 1.165) is 6.20 Å². The van der Waals surface area contributed by atoms with Crippen molar-refractivity contribution in [1.82, 2.24) is 4.98 Å². The molecular formula is C6H3BrClF2NO3S. The maximum Gasteiger partial charge on any atom is 0.277 e. The zero-order chi connectivity index (χ0) is 11.8. The number of aromatic amines is 1. The molecule has 0 aliphatic rings. The fraction of sp³-hybridized carbons (Fsp3) is 0.167. The molecule has 1 N–H and O–H groups in total. The van der Waals surface area contributed by atoms with E-state index in [1.165, 1.54) is 0 Å². The third-order valence-corrected chi connectivity index (χ3v) is 3.38. The summed E-state index contributed by atoms with van der Waals surface area (Å²) in [4.78, 5) is 13.2. The van der Waals surface area contributed by atoms with Gasteiger partial charge in [0, 0.05) is 16.9 Å². The second kappa shape index (κ2) is 4.18. The highest BCUT2D eigenvalue weighted by atomic mass is 79.9. The number of alkyl halides is 2. The van der Waals surface area contributed by atoms with Gasteiger partial charge in [0.05, 0.1) is 4.47 Å². The van der Waals surface area contributed by atoms with Gasteiger partial charge >= 0.3 is 0 Å². The largest absolute Gasteiger partial charge is 0.350 e. The minimum absolute atomic E-state index is 0.193. The highest BCUT2D eigenvalue weighted by Crippen LogP contribution is 2.25. The van der Waals surface area contributed by atoms with Crippen molar-refractivity contribution in [3.63, 3.8) is 0 Å². The molecule has 0 saturated heterocycles. The van der Waals surface area contributed by atoms with Gasteiger partial charge in [0.1, 0.15) is 5.56 Å². The molecule has 0 saturated carbocycles. The maximum atomic E-state index is 12.4. The first-order chi connectivity index (χ1) is 6.75. The average Bonchev–Trinajstić information content (AvgIpc) is 2.06. The Bertz CT molecular complexity index is 542. The van der Waals surface area contributed by atoms with Gasteiger partial charge in [-0.3, -0.25) is 4.79 Å². The minimum atomic E-state index is -4.40. The second-order valence-corrected chi connectivity index (χ2v) is 5.80. The molecule has 0 bridgehead atoms. The van der Waals surface area contributed by atoms with Crippen LogP contribution in [-0.2, 0) is 9.05 Å². The number of hydrogen-bond donors (Lipinski definition) is 1. The minimum Gasteiger partial charge on any atom is -0.350 e. The molecule has 0 fully saturated rings. The highest BCUT2D eigenvalue weighted by Gasteiger charge is 2.26. The molecule has 0 unspecified atom stereocenters. The lowest BCUT2D eigenvalue weighted by Crippen LogP contribution is -2.16. The van der Waals surface area contributed by atoms with Crippen molar-refractivity contribution in [1.29, 1.82) is 0 Å². The van der Waals surface area contributed by atoms with E-state index >= 15 is 0 Å². The van der Waals surface area contributed by atoms with E-state index in [2.05, 4.69) is 15.9 Å². The molecule has 0 amide bonds. The number of nitrogens with one attached hydrogen (secondary N) is 1. The summed E-state index contributed by atoms with van der Waals surface area (Å²) in [5.41, 5.74) is -2.28. The Hall–Kier alpha value is -0.470. The van der Waals surface area contributed by atoms with Crippen LogP contribution in [0.2, 0.25) is 0 Å². The molecule has 9 heteroatoms. The summed E-state index contributed by atoms with van der Waals surface area (Å²) < 4.78 is 46.4. The topological polar surface area (TPSA) is 67.0 Å². The molecule has 0 aromatic carbocycles. The van der Waals surface area contributed by atoms with Crippen LogP contribution in [0.1, 0.15) is 12.0 Å². The van der Waals surface area contributed by atoms with Gasteiger partial charge in [-0.25, -0.2) is 17.2 Å². The quantitative estimate of drug-likeness (QED) is 0.847. The lowest BCUT2D eigenvalue weighted by Gasteiger charge is -2.05. The Morgan fingerprint density at radius 3 is 2.40 bits per heavy atom. The maximum absolute atomic E-state index is 12.4. The molecule has 15 heavy (non-hydrogen) atoms. The lowest BCUT2D eigenvalue weighted by atomic mass is 10.3. The van der Waals surface area contributed by atoms with Crippen LogP contribution in [0.3, 0.4) is 0 Å². The normalized spacial score (nSPS) is 12.1. The van der Waals surface area contributed by atoms with Crippen LogP contribution < -0.4 is 5.43 Å². The van der Waals surface area contributed by atoms with Gasteiger partial charge in [0.15, 0.2) is 5.03 Å². The van der Waals surface area contributed by atoms with E-state index in [4.69, 9.17) is 10.7 Å². The summed E-state index contributed by atoms with van der Waals surface area (Å²) in [7, 11) is 0.484. The van der Waals surface area contributed by atoms with Crippen molar-refractivity contribution in [3.05, 3.63) is 26.5 Å². The zero-order valence-corrected chi connectivity index (χ0v) is 9.96. The van der Waals surface area contributed by atoms with Gasteiger partial charge < -0.3 is 4.98 Å². The molecule has 84 valence electrons. The van der Waals surface area contributed by atoms with Crippen molar-refractivity contribution in [2.75, 3.05) is 0 Å². The summed E-state index contributed by atoms with van der Waals surface area (Å²) >= 11 is 2.70. The smallest absolute Gasteiger partial charge is 0.277 e. The summed E-state index contributed by atoms with van der Waals surface area (Å²) in [6.07, 6.45) is -2.29. The highest BCUT2D eigenvalue weighted by molar-refractivity contribution is 9.10. The zero-order valence-electron chi connectivity index (χ0n) is 6.80. The second-order valence-electron chi connectivity index (χ2n) is 2.45. The predicted octanol–water partition coefficient (Wildman–Crippen LogP) is 2.00. The van der Waals surface area contributed by atoms with Crippen LogP contribution in [0.15, 0.2) is 20.5 Å². The molecule has 0 aliphatic heterocycles. The summed E-state index contributed by atoms with van der Waals surface area (Å²) in [6.45, 7) is 0. The van der Waals surface area contributed by atoms with Crippen LogP contribution >= 0.6 is 26.6 Å². The van der Waals surface area contributed by atoms with Crippen LogP contribution in [0.5, 0.6) is 0 Å². The van der Waals surface area contributed by atoms with Crippen LogP contribution in [0, 0.1) is 0 Å². The first kappa shape index (κ1) is 12.6. The Morgan fingerprint density at radius 1 is 1.47 bits per heavy atom. The molecule has 0 spiro atoms. The first-order valence-electron chi connectivity index (χ1n) is 3.39. The standard InChI is InChI=1S/C6H3BrClF2NO3S/c7-2-1-11-6(15(8,13)14)3(4(2)12)5(9)10/h1,5H,(H,11,12). The Morgan fingerprint density at radius 2 is 2.00 bits per heavy atom. The van der Waals surface area contributed by atoms with Crippen molar-refractivity contribution >= 4 is 35.7 Å². The van der Waals surface area contributed by atoms with E-state index in [1.54, 1.807) is 0 Å². The van der Waals surface area contributed by atoms with E-state index in [9.17, 15) is 22.0 Å². The summed E-state index contributed by atoms with van der Waals surface area (Å²) in [5, 5.41) is -0.979. The van der Waals surface area contributed by atoms with Gasteiger partial charge in [0.2, 0.25) is 5.43 Å². The number of H-pyrrole nitrogens is 1. The molecule has 0 aliphatic carbocycles. The van der Waals surface area contributed by atoms with E-state index in [-0.39, 0.29) is 4.47 Å². The van der Waals surface area contributed by atoms with Gasteiger partial charge in [-0.2, -0.15) is 0 Å². The Labute approximate surface area is 95.8 Å². The van der Waals surface area contributed by atoms with Crippen molar-refractivity contribution in [2.24, 2.45) is 0 Å². The monoisotopic (exact) mass is 321 g/mol. The van der Waals surface area contributed by atoms with Gasteiger partial charge in [-0.05, 0) is 15.9 Å². The Kier molecular flexibility index (Phi) is 3.51. The number of rotatable bonds is 2. The number of halogens is 4. The van der Waals surface area contributed by atoms with E-state index in [0.29, 0.717) is 0 Å². The fourth-order valence-corrected chi connectivity index (χ4v) is 2.26. The molecule has 4 nitrogen and oxygen atoms in total. The average molecular weight is 323 g/mol. The molecule has 1 aromatic heterocycles. The predicted molar refractivity (Wildman–Crippen MR) is 52.8 cm³/mol. The van der Waals surface area contributed by atoms with Gasteiger partial charge in [-0.15, -0.1) is 0 Å². The van der Waals surface area contributed by atoms with Gasteiger partial charge in [0.25, 0.3) is 15.5 Å². The van der Waals surface area contributed by atoms with E-state index in [1.807, 2.05) is 4.98 Å². The number of hydrogen-bond acceptors (Lipinski definition) is 3. The molecule has 1 aromatic rings. The SMILES string of the molecule is O=c1c(Br)c[nH]c(S(=O)(=O)Cl)c1C(F)F. The van der Waals surface area contributed by atoms with E-state index < -0.39 is 31.5 Å². The Balaban J connectivity index is 3.70. The molecule has 1 rings (SSSR count). The van der Waals surface area contributed by atoms with Gasteiger partial charge in [-0.1, -0.05) is 0 Å². The van der Waals surface area contributed by atoms with Crippen molar-refractivity contribution in [2.45, 2.75) is 11.5 Å². The lowest BCUT2D eigenvalue weighted by molar-refractivity contribution is 0.145. The summed E-state index contributed by atoms with van der Waals surface area (Å²) in [6, 6.07) is 0. The third kappa shape index (κ3) is 2.56. The molecule has 0 radical (unpaired) electrons. The summed E-state index contributed by atoms with van der Waals surface area (Å²) in [5.74, 6) is 0. The van der Waals surface area contributed by atoms with Crippen molar-refractivity contribution < 1.29 is 17.2 Å². The van der Waals surface area contributed by atoms with Crippen molar-refractivity contribution in [3.8, 4) is 0 Å².